The molecule has 0 spiro atoms. The largest absolute Gasteiger partial charge is 0.330 e. The van der Waals surface area contributed by atoms with Crippen LogP contribution in [0.5, 0.6) is 0 Å². The zero-order chi connectivity index (χ0) is 12.0. The summed E-state index contributed by atoms with van der Waals surface area (Å²) in [6.45, 7) is 7.78. The van der Waals surface area contributed by atoms with Crippen molar-refractivity contribution >= 4 is 0 Å². The standard InChI is InChI=1S/C14H30N2/c1-11(2)8-9-12(3)16-14-7-5-4-6-13(14)10-15/h11-14,16H,4-10,15H2,1-3H3. The molecule has 0 aliphatic heterocycles. The predicted octanol–water partition coefficient (Wildman–Crippen LogP) is 2.92. The fourth-order valence-corrected chi connectivity index (χ4v) is 2.74. The van der Waals surface area contributed by atoms with Crippen LogP contribution in [0.1, 0.15) is 59.3 Å². The third kappa shape index (κ3) is 4.84. The smallest absolute Gasteiger partial charge is 0.0110 e. The fourth-order valence-electron chi connectivity index (χ4n) is 2.74. The number of hydrogen-bond acceptors (Lipinski definition) is 2. The van der Waals surface area contributed by atoms with Gasteiger partial charge in [-0.25, -0.2) is 0 Å². The first-order valence-electron chi connectivity index (χ1n) is 7.09. The lowest BCUT2D eigenvalue weighted by molar-refractivity contribution is 0.244. The fraction of sp³-hybridized carbons (Fsp3) is 1.00. The van der Waals surface area contributed by atoms with Crippen LogP contribution in [-0.2, 0) is 0 Å². The van der Waals surface area contributed by atoms with E-state index in [1.807, 2.05) is 0 Å². The second-order valence-corrected chi connectivity index (χ2v) is 5.93. The lowest BCUT2D eigenvalue weighted by atomic mass is 9.84. The molecule has 2 nitrogen and oxygen atoms in total. The normalized spacial score (nSPS) is 28.3. The van der Waals surface area contributed by atoms with Gasteiger partial charge in [0.1, 0.15) is 0 Å². The van der Waals surface area contributed by atoms with Crippen molar-refractivity contribution in [2.45, 2.75) is 71.4 Å². The van der Waals surface area contributed by atoms with E-state index in [0.717, 1.165) is 18.4 Å². The Morgan fingerprint density at radius 3 is 2.44 bits per heavy atom. The average Bonchev–Trinajstić information content (AvgIpc) is 2.27. The first-order chi connectivity index (χ1) is 7.63. The van der Waals surface area contributed by atoms with E-state index in [9.17, 15) is 0 Å². The lowest BCUT2D eigenvalue weighted by Crippen LogP contribution is -2.45. The molecule has 96 valence electrons. The lowest BCUT2D eigenvalue weighted by Gasteiger charge is -2.34. The minimum Gasteiger partial charge on any atom is -0.330 e. The highest BCUT2D eigenvalue weighted by molar-refractivity contribution is 4.83. The Bertz CT molecular complexity index is 180. The molecule has 1 aliphatic rings. The van der Waals surface area contributed by atoms with Crippen molar-refractivity contribution in [2.24, 2.45) is 17.6 Å². The zero-order valence-corrected chi connectivity index (χ0v) is 11.3. The van der Waals surface area contributed by atoms with Crippen LogP contribution < -0.4 is 11.1 Å². The van der Waals surface area contributed by atoms with Crippen molar-refractivity contribution in [2.75, 3.05) is 6.54 Å². The molecule has 0 radical (unpaired) electrons. The van der Waals surface area contributed by atoms with E-state index in [4.69, 9.17) is 5.73 Å². The summed E-state index contributed by atoms with van der Waals surface area (Å²) in [5.74, 6) is 1.54. The SMILES string of the molecule is CC(C)CCC(C)NC1CCCCC1CN. The van der Waals surface area contributed by atoms with Crippen molar-refractivity contribution in [1.29, 1.82) is 0 Å². The Kier molecular flexibility index (Phi) is 6.37. The molecule has 1 aliphatic carbocycles. The predicted molar refractivity (Wildman–Crippen MR) is 71.5 cm³/mol. The van der Waals surface area contributed by atoms with Crippen molar-refractivity contribution in [1.82, 2.24) is 5.32 Å². The number of nitrogens with one attached hydrogen (secondary N) is 1. The molecule has 1 rings (SSSR count). The minimum absolute atomic E-state index is 0.652. The molecule has 0 bridgehead atoms. The van der Waals surface area contributed by atoms with Crippen LogP contribution in [0.2, 0.25) is 0 Å². The summed E-state index contributed by atoms with van der Waals surface area (Å²) in [7, 11) is 0. The molecule has 0 amide bonds. The number of nitrogens with two attached hydrogens (primary N) is 1. The van der Waals surface area contributed by atoms with E-state index >= 15 is 0 Å². The summed E-state index contributed by atoms with van der Waals surface area (Å²) >= 11 is 0. The topological polar surface area (TPSA) is 38.0 Å². The monoisotopic (exact) mass is 226 g/mol. The second kappa shape index (κ2) is 7.29. The summed E-state index contributed by atoms with van der Waals surface area (Å²) in [6, 6.07) is 1.33. The van der Waals surface area contributed by atoms with Crippen LogP contribution in [-0.4, -0.2) is 18.6 Å². The molecule has 3 N–H and O–H groups in total. The van der Waals surface area contributed by atoms with E-state index in [-0.39, 0.29) is 0 Å². The molecule has 0 aromatic carbocycles. The maximum atomic E-state index is 5.85. The number of hydrogen-bond donors (Lipinski definition) is 2. The van der Waals surface area contributed by atoms with Gasteiger partial charge in [-0.05, 0) is 51.0 Å². The van der Waals surface area contributed by atoms with Crippen LogP contribution in [0, 0.1) is 11.8 Å². The zero-order valence-electron chi connectivity index (χ0n) is 11.3. The van der Waals surface area contributed by atoms with Crippen LogP contribution in [0.25, 0.3) is 0 Å². The van der Waals surface area contributed by atoms with Gasteiger partial charge >= 0.3 is 0 Å². The van der Waals surface area contributed by atoms with Crippen LogP contribution in [0.3, 0.4) is 0 Å². The molecule has 0 saturated heterocycles. The van der Waals surface area contributed by atoms with Gasteiger partial charge in [-0.15, -0.1) is 0 Å². The van der Waals surface area contributed by atoms with Gasteiger partial charge in [0.25, 0.3) is 0 Å². The summed E-state index contributed by atoms with van der Waals surface area (Å²) in [4.78, 5) is 0. The molecular weight excluding hydrogens is 196 g/mol. The summed E-state index contributed by atoms with van der Waals surface area (Å²) in [5.41, 5.74) is 5.85. The Morgan fingerprint density at radius 1 is 1.12 bits per heavy atom. The average molecular weight is 226 g/mol. The Hall–Kier alpha value is -0.0800. The Labute approximate surface area is 101 Å². The van der Waals surface area contributed by atoms with E-state index in [0.29, 0.717) is 12.1 Å². The van der Waals surface area contributed by atoms with Gasteiger partial charge in [-0.1, -0.05) is 26.7 Å². The van der Waals surface area contributed by atoms with Crippen molar-refractivity contribution in [3.63, 3.8) is 0 Å². The summed E-state index contributed by atoms with van der Waals surface area (Å²) < 4.78 is 0. The van der Waals surface area contributed by atoms with Gasteiger partial charge < -0.3 is 11.1 Å². The highest BCUT2D eigenvalue weighted by Gasteiger charge is 2.24. The highest BCUT2D eigenvalue weighted by atomic mass is 15.0. The first kappa shape index (κ1) is 14.0. The van der Waals surface area contributed by atoms with Crippen molar-refractivity contribution in [3.05, 3.63) is 0 Å². The van der Waals surface area contributed by atoms with Crippen molar-refractivity contribution in [3.8, 4) is 0 Å². The van der Waals surface area contributed by atoms with Gasteiger partial charge in [-0.2, -0.15) is 0 Å². The molecule has 3 unspecified atom stereocenters. The Morgan fingerprint density at radius 2 is 1.81 bits per heavy atom. The van der Waals surface area contributed by atoms with E-state index in [1.54, 1.807) is 0 Å². The summed E-state index contributed by atoms with van der Waals surface area (Å²) in [6.07, 6.45) is 8.03. The third-order valence-electron chi connectivity index (χ3n) is 3.89. The highest BCUT2D eigenvalue weighted by Crippen LogP contribution is 2.24. The van der Waals surface area contributed by atoms with E-state index in [1.165, 1.54) is 38.5 Å². The van der Waals surface area contributed by atoms with Gasteiger partial charge in [0.15, 0.2) is 0 Å². The molecule has 16 heavy (non-hydrogen) atoms. The second-order valence-electron chi connectivity index (χ2n) is 5.93. The van der Waals surface area contributed by atoms with Gasteiger partial charge in [0.2, 0.25) is 0 Å². The molecule has 1 saturated carbocycles. The van der Waals surface area contributed by atoms with Gasteiger partial charge in [0.05, 0.1) is 0 Å². The molecule has 1 fully saturated rings. The molecule has 0 heterocycles. The van der Waals surface area contributed by atoms with E-state index in [2.05, 4.69) is 26.1 Å². The van der Waals surface area contributed by atoms with Crippen LogP contribution >= 0.6 is 0 Å². The minimum atomic E-state index is 0.652. The van der Waals surface area contributed by atoms with Crippen molar-refractivity contribution < 1.29 is 0 Å². The molecule has 0 aromatic heterocycles. The Balaban J connectivity index is 2.27. The molecule has 2 heteroatoms. The number of rotatable bonds is 6. The third-order valence-corrected chi connectivity index (χ3v) is 3.89. The summed E-state index contributed by atoms with van der Waals surface area (Å²) in [5, 5.41) is 3.80. The maximum Gasteiger partial charge on any atom is 0.0110 e. The maximum absolute atomic E-state index is 5.85. The van der Waals surface area contributed by atoms with Crippen LogP contribution in [0.15, 0.2) is 0 Å². The first-order valence-corrected chi connectivity index (χ1v) is 7.09. The molecular formula is C14H30N2. The molecule has 3 atom stereocenters. The quantitative estimate of drug-likeness (QED) is 0.731. The van der Waals surface area contributed by atoms with Gasteiger partial charge in [-0.3, -0.25) is 0 Å². The van der Waals surface area contributed by atoms with Gasteiger partial charge in [0, 0.05) is 12.1 Å². The van der Waals surface area contributed by atoms with E-state index < -0.39 is 0 Å². The molecule has 0 aromatic rings. The van der Waals surface area contributed by atoms with Crippen LogP contribution in [0.4, 0.5) is 0 Å².